The molecule has 20 heavy (non-hydrogen) atoms. The Morgan fingerprint density at radius 2 is 2.20 bits per heavy atom. The number of hydrogen-bond donors (Lipinski definition) is 1. The number of carbonyl (C=O) groups is 2. The van der Waals surface area contributed by atoms with Crippen molar-refractivity contribution in [2.24, 2.45) is 5.92 Å². The second-order valence-electron chi connectivity index (χ2n) is 4.83. The van der Waals surface area contributed by atoms with Gasteiger partial charge in [0.15, 0.2) is 0 Å². The van der Waals surface area contributed by atoms with Gasteiger partial charge in [-0.3, -0.25) is 9.59 Å². The SMILES string of the molecule is CNC(=O)C1CCCN(C(=O)c2cc(I)ccc2Br)C1. The average Bonchev–Trinajstić information content (AvgIpc) is 2.48. The summed E-state index contributed by atoms with van der Waals surface area (Å²) in [4.78, 5) is 26.1. The van der Waals surface area contributed by atoms with Gasteiger partial charge in [-0.2, -0.15) is 0 Å². The molecule has 0 radical (unpaired) electrons. The zero-order valence-electron chi connectivity index (χ0n) is 11.2. The highest BCUT2D eigenvalue weighted by Gasteiger charge is 2.29. The van der Waals surface area contributed by atoms with Crippen LogP contribution >= 0.6 is 38.5 Å². The third-order valence-corrected chi connectivity index (χ3v) is 4.85. The molecule has 1 atom stereocenters. The molecule has 0 aliphatic carbocycles. The summed E-state index contributed by atoms with van der Waals surface area (Å²) in [6, 6.07) is 5.70. The topological polar surface area (TPSA) is 49.4 Å². The van der Waals surface area contributed by atoms with Crippen molar-refractivity contribution in [2.75, 3.05) is 20.1 Å². The molecule has 1 heterocycles. The van der Waals surface area contributed by atoms with Crippen LogP contribution in [0.4, 0.5) is 0 Å². The molecule has 4 nitrogen and oxygen atoms in total. The van der Waals surface area contributed by atoms with Crippen LogP contribution in [0.15, 0.2) is 22.7 Å². The fourth-order valence-corrected chi connectivity index (χ4v) is 3.32. The van der Waals surface area contributed by atoms with Crippen molar-refractivity contribution in [1.29, 1.82) is 0 Å². The number of rotatable bonds is 2. The molecule has 0 spiro atoms. The molecule has 2 rings (SSSR count). The Labute approximate surface area is 140 Å². The minimum atomic E-state index is -0.0979. The van der Waals surface area contributed by atoms with E-state index >= 15 is 0 Å². The van der Waals surface area contributed by atoms with Gasteiger partial charge in [0, 0.05) is 28.2 Å². The maximum atomic E-state index is 12.6. The van der Waals surface area contributed by atoms with Crippen molar-refractivity contribution in [3.05, 3.63) is 31.8 Å². The monoisotopic (exact) mass is 450 g/mol. The van der Waals surface area contributed by atoms with Gasteiger partial charge in [0.05, 0.1) is 11.5 Å². The summed E-state index contributed by atoms with van der Waals surface area (Å²) in [5.74, 6) is -0.0903. The number of likely N-dealkylation sites (tertiary alicyclic amines) is 1. The van der Waals surface area contributed by atoms with E-state index < -0.39 is 0 Å². The summed E-state index contributed by atoms with van der Waals surface area (Å²) >= 11 is 5.62. The van der Waals surface area contributed by atoms with E-state index in [1.807, 2.05) is 18.2 Å². The second kappa shape index (κ2) is 6.89. The lowest BCUT2D eigenvalue weighted by atomic mass is 9.96. The summed E-state index contributed by atoms with van der Waals surface area (Å²) in [5.41, 5.74) is 0.662. The van der Waals surface area contributed by atoms with Gasteiger partial charge in [0.2, 0.25) is 5.91 Å². The smallest absolute Gasteiger partial charge is 0.255 e. The number of benzene rings is 1. The normalized spacial score (nSPS) is 18.8. The van der Waals surface area contributed by atoms with Gasteiger partial charge in [-0.15, -0.1) is 0 Å². The number of nitrogens with one attached hydrogen (secondary N) is 1. The minimum absolute atomic E-state index is 0.0102. The Bertz CT molecular complexity index is 536. The van der Waals surface area contributed by atoms with Crippen LogP contribution in [0.25, 0.3) is 0 Å². The molecule has 1 aromatic carbocycles. The largest absolute Gasteiger partial charge is 0.359 e. The molecule has 0 aromatic heterocycles. The number of halogens is 2. The van der Waals surface area contributed by atoms with Crippen LogP contribution in [0.2, 0.25) is 0 Å². The Hall–Kier alpha value is -0.630. The third kappa shape index (κ3) is 3.52. The van der Waals surface area contributed by atoms with Crippen molar-refractivity contribution in [3.8, 4) is 0 Å². The summed E-state index contributed by atoms with van der Waals surface area (Å²) in [6.07, 6.45) is 1.71. The van der Waals surface area contributed by atoms with E-state index in [-0.39, 0.29) is 17.7 Å². The molecule has 1 unspecified atom stereocenters. The number of carbonyl (C=O) groups excluding carboxylic acids is 2. The number of nitrogens with zero attached hydrogens (tertiary/aromatic N) is 1. The third-order valence-electron chi connectivity index (χ3n) is 3.48. The van der Waals surface area contributed by atoms with Gasteiger partial charge in [0.1, 0.15) is 0 Å². The van der Waals surface area contributed by atoms with Gasteiger partial charge >= 0.3 is 0 Å². The number of hydrogen-bond acceptors (Lipinski definition) is 2. The van der Waals surface area contributed by atoms with Crippen LogP contribution in [0, 0.1) is 9.49 Å². The van der Waals surface area contributed by atoms with Crippen LogP contribution in [-0.4, -0.2) is 36.9 Å². The van der Waals surface area contributed by atoms with E-state index in [0.717, 1.165) is 20.9 Å². The van der Waals surface area contributed by atoms with Gasteiger partial charge < -0.3 is 10.2 Å². The predicted octanol–water partition coefficient (Wildman–Crippen LogP) is 2.65. The molecule has 1 fully saturated rings. The van der Waals surface area contributed by atoms with Crippen LogP contribution in [0.5, 0.6) is 0 Å². The first kappa shape index (κ1) is 15.8. The van der Waals surface area contributed by atoms with Crippen molar-refractivity contribution < 1.29 is 9.59 Å². The summed E-state index contributed by atoms with van der Waals surface area (Å²) in [6.45, 7) is 1.21. The lowest BCUT2D eigenvalue weighted by Crippen LogP contribution is -2.44. The standard InChI is InChI=1S/C14H16BrIN2O2/c1-17-13(19)9-3-2-6-18(8-9)14(20)11-7-10(16)4-5-12(11)15/h4-5,7,9H,2-3,6,8H2,1H3,(H,17,19). The first-order chi connectivity index (χ1) is 9.52. The Morgan fingerprint density at radius 1 is 1.45 bits per heavy atom. The summed E-state index contributed by atoms with van der Waals surface area (Å²) in [7, 11) is 1.64. The first-order valence-corrected chi connectivity index (χ1v) is 8.36. The van der Waals surface area contributed by atoms with Crippen LogP contribution in [0.3, 0.4) is 0 Å². The maximum Gasteiger partial charge on any atom is 0.255 e. The van der Waals surface area contributed by atoms with Gasteiger partial charge in [-0.25, -0.2) is 0 Å². The number of piperidine rings is 1. The van der Waals surface area contributed by atoms with E-state index in [4.69, 9.17) is 0 Å². The van der Waals surface area contributed by atoms with E-state index in [0.29, 0.717) is 18.7 Å². The maximum absolute atomic E-state index is 12.6. The van der Waals surface area contributed by atoms with E-state index in [9.17, 15) is 9.59 Å². The predicted molar refractivity (Wildman–Crippen MR) is 89.6 cm³/mol. The molecular weight excluding hydrogens is 435 g/mol. The zero-order chi connectivity index (χ0) is 14.7. The van der Waals surface area contributed by atoms with Crippen molar-refractivity contribution >= 4 is 50.3 Å². The van der Waals surface area contributed by atoms with Gasteiger partial charge in [-0.05, 0) is 69.6 Å². The highest BCUT2D eigenvalue weighted by molar-refractivity contribution is 14.1. The molecule has 1 N–H and O–H groups in total. The quantitative estimate of drug-likeness (QED) is 0.704. The first-order valence-electron chi connectivity index (χ1n) is 6.49. The molecule has 2 amide bonds. The Kier molecular flexibility index (Phi) is 5.42. The minimum Gasteiger partial charge on any atom is -0.359 e. The van der Waals surface area contributed by atoms with Crippen molar-refractivity contribution in [2.45, 2.75) is 12.8 Å². The van der Waals surface area contributed by atoms with Gasteiger partial charge in [-0.1, -0.05) is 0 Å². The molecular formula is C14H16BrIN2O2. The van der Waals surface area contributed by atoms with E-state index in [1.54, 1.807) is 11.9 Å². The molecule has 1 aliphatic heterocycles. The lowest BCUT2D eigenvalue weighted by molar-refractivity contribution is -0.125. The average molecular weight is 451 g/mol. The van der Waals surface area contributed by atoms with Crippen molar-refractivity contribution in [1.82, 2.24) is 10.2 Å². The number of amides is 2. The molecule has 0 saturated carbocycles. The van der Waals surface area contributed by atoms with Crippen LogP contribution in [0.1, 0.15) is 23.2 Å². The molecule has 1 aromatic rings. The fourth-order valence-electron chi connectivity index (χ4n) is 2.41. The molecule has 1 aliphatic rings. The zero-order valence-corrected chi connectivity index (χ0v) is 14.9. The molecule has 108 valence electrons. The fraction of sp³-hybridized carbons (Fsp3) is 0.429. The molecule has 1 saturated heterocycles. The van der Waals surface area contributed by atoms with Gasteiger partial charge in [0.25, 0.3) is 5.91 Å². The molecule has 6 heteroatoms. The van der Waals surface area contributed by atoms with Crippen molar-refractivity contribution in [3.63, 3.8) is 0 Å². The van der Waals surface area contributed by atoms with Crippen LogP contribution in [-0.2, 0) is 4.79 Å². The summed E-state index contributed by atoms with van der Waals surface area (Å²) in [5, 5.41) is 2.67. The van der Waals surface area contributed by atoms with E-state index in [1.165, 1.54) is 0 Å². The Morgan fingerprint density at radius 3 is 2.90 bits per heavy atom. The van der Waals surface area contributed by atoms with E-state index in [2.05, 4.69) is 43.8 Å². The van der Waals surface area contributed by atoms with Crippen LogP contribution < -0.4 is 5.32 Å². The lowest BCUT2D eigenvalue weighted by Gasteiger charge is -2.32. The highest BCUT2D eigenvalue weighted by Crippen LogP contribution is 2.24. The Balaban J connectivity index is 2.16. The molecule has 0 bridgehead atoms. The summed E-state index contributed by atoms with van der Waals surface area (Å²) < 4.78 is 1.82. The second-order valence-corrected chi connectivity index (χ2v) is 6.93. The highest BCUT2D eigenvalue weighted by atomic mass is 127.